The van der Waals surface area contributed by atoms with Crippen LogP contribution >= 0.6 is 0 Å². The van der Waals surface area contributed by atoms with Crippen molar-refractivity contribution in [2.45, 2.75) is 37.8 Å². The Hall–Kier alpha value is -1.92. The van der Waals surface area contributed by atoms with Gasteiger partial charge in [-0.15, -0.1) is 0 Å². The van der Waals surface area contributed by atoms with E-state index < -0.39 is 9.84 Å². The smallest absolute Gasteiger partial charge is 0.180 e. The summed E-state index contributed by atoms with van der Waals surface area (Å²) in [6, 6.07) is 11.4. The topological polar surface area (TPSA) is 59.5 Å². The van der Waals surface area contributed by atoms with E-state index >= 15 is 0 Å². The van der Waals surface area contributed by atoms with Crippen LogP contribution in [0.25, 0.3) is 0 Å². The van der Waals surface area contributed by atoms with Crippen molar-refractivity contribution in [1.82, 2.24) is 9.88 Å². The fourth-order valence-electron chi connectivity index (χ4n) is 3.33. The van der Waals surface area contributed by atoms with Crippen molar-refractivity contribution < 1.29 is 13.2 Å². The predicted octanol–water partition coefficient (Wildman–Crippen LogP) is 3.16. The zero-order chi connectivity index (χ0) is 18.6. The van der Waals surface area contributed by atoms with Crippen molar-refractivity contribution in [3.05, 3.63) is 54.4 Å². The average molecular weight is 375 g/mol. The Morgan fingerprint density at radius 3 is 2.65 bits per heavy atom. The first kappa shape index (κ1) is 18.9. The van der Waals surface area contributed by atoms with Crippen LogP contribution in [-0.4, -0.2) is 43.2 Å². The van der Waals surface area contributed by atoms with E-state index in [-0.39, 0.29) is 17.8 Å². The lowest BCUT2D eigenvalue weighted by molar-refractivity contribution is 0.242. The molecule has 0 saturated carbocycles. The lowest BCUT2D eigenvalue weighted by Crippen LogP contribution is -2.23. The van der Waals surface area contributed by atoms with Gasteiger partial charge in [0.25, 0.3) is 0 Å². The number of ether oxygens (including phenoxy) is 1. The number of likely N-dealkylation sites (tertiary alicyclic amines) is 1. The van der Waals surface area contributed by atoms with Gasteiger partial charge in [0.05, 0.1) is 16.8 Å². The first-order chi connectivity index (χ1) is 12.4. The molecule has 1 atom stereocenters. The van der Waals surface area contributed by atoms with E-state index in [1.807, 2.05) is 26.0 Å². The van der Waals surface area contributed by atoms with Gasteiger partial charge in [0.15, 0.2) is 9.84 Å². The van der Waals surface area contributed by atoms with Crippen LogP contribution in [-0.2, 0) is 16.4 Å². The fraction of sp³-hybridized carbons (Fsp3) is 0.450. The molecule has 0 amide bonds. The molecule has 140 valence electrons. The van der Waals surface area contributed by atoms with Gasteiger partial charge in [-0.25, -0.2) is 8.42 Å². The maximum absolute atomic E-state index is 12.5. The lowest BCUT2D eigenvalue weighted by atomic mass is 10.1. The van der Waals surface area contributed by atoms with E-state index in [0.29, 0.717) is 4.90 Å². The van der Waals surface area contributed by atoms with Crippen molar-refractivity contribution >= 4 is 9.84 Å². The zero-order valence-corrected chi connectivity index (χ0v) is 16.2. The Kier molecular flexibility index (Phi) is 5.94. The summed E-state index contributed by atoms with van der Waals surface area (Å²) in [7, 11) is -3.26. The SMILES string of the molecule is CC(C)Oc1ccc(CN2CC[C@@H](CS(=O)(=O)c3cccnc3)C2)cc1. The summed E-state index contributed by atoms with van der Waals surface area (Å²) in [5.41, 5.74) is 1.22. The first-order valence-electron chi connectivity index (χ1n) is 9.03. The Morgan fingerprint density at radius 1 is 1.23 bits per heavy atom. The summed E-state index contributed by atoms with van der Waals surface area (Å²) < 4.78 is 30.7. The zero-order valence-electron chi connectivity index (χ0n) is 15.3. The van der Waals surface area contributed by atoms with Crippen LogP contribution in [0.5, 0.6) is 5.75 Å². The molecule has 5 nitrogen and oxygen atoms in total. The Bertz CT molecular complexity index is 805. The van der Waals surface area contributed by atoms with Gasteiger partial charge >= 0.3 is 0 Å². The highest BCUT2D eigenvalue weighted by molar-refractivity contribution is 7.91. The van der Waals surface area contributed by atoms with Crippen molar-refractivity contribution in [3.8, 4) is 5.75 Å². The monoisotopic (exact) mass is 374 g/mol. The molecule has 0 spiro atoms. The van der Waals surface area contributed by atoms with Gasteiger partial charge < -0.3 is 4.74 Å². The van der Waals surface area contributed by atoms with E-state index in [9.17, 15) is 8.42 Å². The molecule has 1 aliphatic rings. The van der Waals surface area contributed by atoms with Crippen LogP contribution in [0, 0.1) is 5.92 Å². The third kappa shape index (κ3) is 5.05. The van der Waals surface area contributed by atoms with E-state index in [0.717, 1.165) is 31.8 Å². The molecule has 6 heteroatoms. The molecule has 2 aromatic rings. The van der Waals surface area contributed by atoms with Gasteiger partial charge in [0, 0.05) is 25.5 Å². The van der Waals surface area contributed by atoms with Crippen molar-refractivity contribution in [3.63, 3.8) is 0 Å². The molecule has 2 heterocycles. The number of rotatable bonds is 7. The molecule has 0 unspecified atom stereocenters. The van der Waals surface area contributed by atoms with Gasteiger partial charge in [0.1, 0.15) is 5.75 Å². The molecule has 1 fully saturated rings. The molecule has 1 aromatic heterocycles. The first-order valence-corrected chi connectivity index (χ1v) is 10.7. The minimum absolute atomic E-state index is 0.168. The molecule has 3 rings (SSSR count). The molecular formula is C20H26N2O3S. The third-order valence-electron chi connectivity index (χ3n) is 4.52. The number of hydrogen-bond acceptors (Lipinski definition) is 5. The quantitative estimate of drug-likeness (QED) is 0.745. The minimum atomic E-state index is -3.26. The summed E-state index contributed by atoms with van der Waals surface area (Å²) in [4.78, 5) is 6.56. The minimum Gasteiger partial charge on any atom is -0.491 e. The second-order valence-corrected chi connectivity index (χ2v) is 9.20. The van der Waals surface area contributed by atoms with Crippen LogP contribution in [0.2, 0.25) is 0 Å². The van der Waals surface area contributed by atoms with Crippen molar-refractivity contribution in [1.29, 1.82) is 0 Å². The number of sulfone groups is 1. The van der Waals surface area contributed by atoms with Crippen molar-refractivity contribution in [2.24, 2.45) is 5.92 Å². The number of aromatic nitrogens is 1. The highest BCUT2D eigenvalue weighted by Gasteiger charge is 2.28. The molecule has 1 saturated heterocycles. The summed E-state index contributed by atoms with van der Waals surface area (Å²) in [5.74, 6) is 1.24. The number of pyridine rings is 1. The fourth-order valence-corrected chi connectivity index (χ4v) is 4.93. The molecule has 0 aliphatic carbocycles. The summed E-state index contributed by atoms with van der Waals surface area (Å²) in [6.45, 7) is 6.60. The van der Waals surface area contributed by atoms with Gasteiger partial charge in [-0.05, 0) is 62.6 Å². The number of benzene rings is 1. The molecule has 1 aliphatic heterocycles. The van der Waals surface area contributed by atoms with Crippen LogP contribution < -0.4 is 4.74 Å². The Morgan fingerprint density at radius 2 is 2.00 bits per heavy atom. The highest BCUT2D eigenvalue weighted by atomic mass is 32.2. The molecule has 1 aromatic carbocycles. The van der Waals surface area contributed by atoms with Gasteiger partial charge in [-0.3, -0.25) is 9.88 Å². The standard InChI is InChI=1S/C20H26N2O3S/c1-16(2)25-19-7-5-17(6-8-19)13-22-11-9-18(14-22)15-26(23,24)20-4-3-10-21-12-20/h3-8,10,12,16,18H,9,11,13-15H2,1-2H3/t18-/m1/s1. The third-order valence-corrected chi connectivity index (χ3v) is 6.39. The van der Waals surface area contributed by atoms with Crippen LogP contribution in [0.15, 0.2) is 53.7 Å². The molecule has 0 bridgehead atoms. The van der Waals surface area contributed by atoms with E-state index in [1.165, 1.54) is 11.8 Å². The van der Waals surface area contributed by atoms with Crippen LogP contribution in [0.3, 0.4) is 0 Å². The van der Waals surface area contributed by atoms with Gasteiger partial charge in [-0.2, -0.15) is 0 Å². The van der Waals surface area contributed by atoms with Crippen LogP contribution in [0.1, 0.15) is 25.8 Å². The largest absolute Gasteiger partial charge is 0.491 e. The molecule has 0 N–H and O–H groups in total. The number of nitrogens with zero attached hydrogens (tertiary/aromatic N) is 2. The molecular weight excluding hydrogens is 348 g/mol. The predicted molar refractivity (Wildman–Crippen MR) is 102 cm³/mol. The molecule has 26 heavy (non-hydrogen) atoms. The average Bonchev–Trinajstić information content (AvgIpc) is 3.03. The Labute approximate surface area is 155 Å². The second kappa shape index (κ2) is 8.18. The maximum Gasteiger partial charge on any atom is 0.180 e. The lowest BCUT2D eigenvalue weighted by Gasteiger charge is -2.17. The summed E-state index contributed by atoms with van der Waals surface area (Å²) >= 11 is 0. The van der Waals surface area contributed by atoms with Gasteiger partial charge in [-0.1, -0.05) is 12.1 Å². The molecule has 0 radical (unpaired) electrons. The normalized spacial score (nSPS) is 18.3. The summed E-state index contributed by atoms with van der Waals surface area (Å²) in [5, 5.41) is 0. The van der Waals surface area contributed by atoms with E-state index in [1.54, 1.807) is 18.3 Å². The van der Waals surface area contributed by atoms with Gasteiger partial charge in [0.2, 0.25) is 0 Å². The number of hydrogen-bond donors (Lipinski definition) is 0. The Balaban J connectivity index is 1.54. The van der Waals surface area contributed by atoms with Crippen LogP contribution in [0.4, 0.5) is 0 Å². The van der Waals surface area contributed by atoms with Crippen molar-refractivity contribution in [2.75, 3.05) is 18.8 Å². The summed E-state index contributed by atoms with van der Waals surface area (Å²) in [6.07, 6.45) is 4.10. The highest BCUT2D eigenvalue weighted by Crippen LogP contribution is 2.23. The van der Waals surface area contributed by atoms with E-state index in [2.05, 4.69) is 22.0 Å². The maximum atomic E-state index is 12.5. The second-order valence-electron chi connectivity index (χ2n) is 7.17. The van der Waals surface area contributed by atoms with E-state index in [4.69, 9.17) is 4.74 Å².